The second-order valence-electron chi connectivity index (χ2n) is 8.00. The van der Waals surface area contributed by atoms with Gasteiger partial charge in [0.25, 0.3) is 0 Å². The summed E-state index contributed by atoms with van der Waals surface area (Å²) in [4.78, 5) is 12.4. The van der Waals surface area contributed by atoms with Crippen LogP contribution in [0.2, 0.25) is 0 Å². The summed E-state index contributed by atoms with van der Waals surface area (Å²) in [5.74, 6) is 2.01. The Labute approximate surface area is 143 Å². The van der Waals surface area contributed by atoms with Crippen molar-refractivity contribution in [1.82, 2.24) is 19.9 Å². The van der Waals surface area contributed by atoms with Gasteiger partial charge < -0.3 is 5.32 Å². The highest BCUT2D eigenvalue weighted by Gasteiger charge is 2.32. The largest absolute Gasteiger partial charge is 0.355 e. The van der Waals surface area contributed by atoms with E-state index in [0.717, 1.165) is 43.1 Å². The van der Waals surface area contributed by atoms with Crippen LogP contribution >= 0.6 is 0 Å². The smallest absolute Gasteiger partial charge is 0.223 e. The third-order valence-corrected chi connectivity index (χ3v) is 5.35. The highest BCUT2D eigenvalue weighted by atomic mass is 16.1. The molecule has 1 saturated carbocycles. The van der Waals surface area contributed by atoms with Gasteiger partial charge in [-0.25, -0.2) is 0 Å². The lowest BCUT2D eigenvalue weighted by Gasteiger charge is -2.36. The van der Waals surface area contributed by atoms with Gasteiger partial charge in [-0.15, -0.1) is 10.2 Å². The average molecular weight is 328 g/mol. The fraction of sp³-hybridized carbons (Fsp3) is 0.632. The monoisotopic (exact) mass is 328 g/mol. The van der Waals surface area contributed by atoms with Gasteiger partial charge in [-0.05, 0) is 49.1 Å². The number of pyridine rings is 1. The van der Waals surface area contributed by atoms with E-state index in [1.165, 1.54) is 0 Å². The summed E-state index contributed by atoms with van der Waals surface area (Å²) in [6.45, 7) is 7.54. The molecule has 24 heavy (non-hydrogen) atoms. The van der Waals surface area contributed by atoms with Gasteiger partial charge in [0.05, 0.1) is 0 Å². The molecule has 130 valence electrons. The van der Waals surface area contributed by atoms with Gasteiger partial charge in [-0.1, -0.05) is 26.8 Å². The van der Waals surface area contributed by atoms with Gasteiger partial charge in [0.15, 0.2) is 5.65 Å². The minimum absolute atomic E-state index is 0.179. The van der Waals surface area contributed by atoms with E-state index in [0.29, 0.717) is 18.4 Å². The maximum Gasteiger partial charge on any atom is 0.223 e. The first kappa shape index (κ1) is 16.9. The lowest BCUT2D eigenvalue weighted by molar-refractivity contribution is -0.126. The molecule has 1 fully saturated rings. The molecular formula is C19H28N4O. The second kappa shape index (κ2) is 6.91. The molecule has 3 rings (SSSR count). The van der Waals surface area contributed by atoms with E-state index >= 15 is 0 Å². The van der Waals surface area contributed by atoms with Crippen LogP contribution < -0.4 is 5.32 Å². The maximum atomic E-state index is 12.4. The molecule has 5 heteroatoms. The van der Waals surface area contributed by atoms with E-state index in [1.807, 2.05) is 28.8 Å². The standard InChI is InChI=1S/C19H28N4O/c1-19(2,3)15-9-7-14(8-10-15)18(24)20-12-11-17-22-21-16-6-4-5-13-23(16)17/h4-6,13-15H,7-12H2,1-3H3,(H,20,24). The molecule has 2 aromatic rings. The number of carbonyl (C=O) groups is 1. The van der Waals surface area contributed by atoms with Crippen molar-refractivity contribution in [3.8, 4) is 0 Å². The van der Waals surface area contributed by atoms with E-state index in [2.05, 4.69) is 36.3 Å². The van der Waals surface area contributed by atoms with Crippen LogP contribution in [-0.4, -0.2) is 27.0 Å². The van der Waals surface area contributed by atoms with Gasteiger partial charge in [0.2, 0.25) is 5.91 Å². The lowest BCUT2D eigenvalue weighted by atomic mass is 9.69. The summed E-state index contributed by atoms with van der Waals surface area (Å²) in [6.07, 6.45) is 7.02. The van der Waals surface area contributed by atoms with Crippen molar-refractivity contribution in [2.24, 2.45) is 17.3 Å². The Morgan fingerprint density at radius 2 is 1.96 bits per heavy atom. The van der Waals surface area contributed by atoms with Crippen LogP contribution in [-0.2, 0) is 11.2 Å². The second-order valence-corrected chi connectivity index (χ2v) is 8.00. The zero-order chi connectivity index (χ0) is 17.2. The van der Waals surface area contributed by atoms with Crippen LogP contribution in [0.5, 0.6) is 0 Å². The molecule has 2 heterocycles. The molecule has 0 bridgehead atoms. The van der Waals surface area contributed by atoms with Crippen molar-refractivity contribution in [3.63, 3.8) is 0 Å². The zero-order valence-corrected chi connectivity index (χ0v) is 15.0. The summed E-state index contributed by atoms with van der Waals surface area (Å²) in [6, 6.07) is 5.85. The molecule has 2 aromatic heterocycles. The van der Waals surface area contributed by atoms with Crippen LogP contribution in [0.1, 0.15) is 52.3 Å². The van der Waals surface area contributed by atoms with Gasteiger partial charge >= 0.3 is 0 Å². The molecule has 5 nitrogen and oxygen atoms in total. The van der Waals surface area contributed by atoms with Crippen molar-refractivity contribution >= 4 is 11.6 Å². The molecule has 1 amide bonds. The van der Waals surface area contributed by atoms with E-state index in [1.54, 1.807) is 0 Å². The van der Waals surface area contributed by atoms with Crippen molar-refractivity contribution in [1.29, 1.82) is 0 Å². The number of rotatable bonds is 4. The number of amides is 1. The first-order valence-electron chi connectivity index (χ1n) is 9.01. The topological polar surface area (TPSA) is 59.3 Å². The van der Waals surface area contributed by atoms with Crippen molar-refractivity contribution in [2.75, 3.05) is 6.54 Å². The Balaban J connectivity index is 1.47. The third kappa shape index (κ3) is 3.77. The summed E-state index contributed by atoms with van der Waals surface area (Å²) in [7, 11) is 0. The van der Waals surface area contributed by atoms with Gasteiger partial charge in [0.1, 0.15) is 5.82 Å². The maximum absolute atomic E-state index is 12.4. The molecule has 0 aromatic carbocycles. The highest BCUT2D eigenvalue weighted by molar-refractivity contribution is 5.78. The van der Waals surface area contributed by atoms with Crippen molar-refractivity contribution in [3.05, 3.63) is 30.2 Å². The molecule has 1 N–H and O–H groups in total. The predicted octanol–water partition coefficient (Wildman–Crippen LogP) is 3.24. The first-order chi connectivity index (χ1) is 11.4. The first-order valence-corrected chi connectivity index (χ1v) is 9.01. The normalized spacial score (nSPS) is 21.8. The Kier molecular flexibility index (Phi) is 4.88. The Bertz CT molecular complexity index is 693. The van der Waals surface area contributed by atoms with Crippen LogP contribution in [0.25, 0.3) is 5.65 Å². The van der Waals surface area contributed by atoms with Crippen molar-refractivity contribution < 1.29 is 4.79 Å². The van der Waals surface area contributed by atoms with Crippen LogP contribution in [0.15, 0.2) is 24.4 Å². The minimum atomic E-state index is 0.179. The van der Waals surface area contributed by atoms with Gasteiger partial charge in [-0.3, -0.25) is 9.20 Å². The fourth-order valence-electron chi connectivity index (χ4n) is 3.72. The number of carbonyl (C=O) groups excluding carboxylic acids is 1. The molecule has 1 aliphatic carbocycles. The number of nitrogens with one attached hydrogen (secondary N) is 1. The molecule has 1 aliphatic rings. The summed E-state index contributed by atoms with van der Waals surface area (Å²) >= 11 is 0. The fourth-order valence-corrected chi connectivity index (χ4v) is 3.72. The SMILES string of the molecule is CC(C)(C)C1CCC(C(=O)NCCc2nnc3ccccn23)CC1. The van der Waals surface area contributed by atoms with E-state index < -0.39 is 0 Å². The number of fused-ring (bicyclic) bond motifs is 1. The minimum Gasteiger partial charge on any atom is -0.355 e. The lowest BCUT2D eigenvalue weighted by Crippen LogP contribution is -2.36. The summed E-state index contributed by atoms with van der Waals surface area (Å²) in [5, 5.41) is 11.4. The van der Waals surface area contributed by atoms with E-state index in [4.69, 9.17) is 0 Å². The highest BCUT2D eigenvalue weighted by Crippen LogP contribution is 2.39. The molecule has 0 radical (unpaired) electrons. The number of hydrogen-bond donors (Lipinski definition) is 1. The van der Waals surface area contributed by atoms with Crippen molar-refractivity contribution in [2.45, 2.75) is 52.9 Å². The average Bonchev–Trinajstić information content (AvgIpc) is 2.97. The molecule has 0 saturated heterocycles. The summed E-state index contributed by atoms with van der Waals surface area (Å²) < 4.78 is 1.97. The van der Waals surface area contributed by atoms with Gasteiger partial charge in [-0.2, -0.15) is 0 Å². The number of nitrogens with zero attached hydrogens (tertiary/aromatic N) is 3. The third-order valence-electron chi connectivity index (χ3n) is 5.35. The molecule has 0 atom stereocenters. The quantitative estimate of drug-likeness (QED) is 0.937. The van der Waals surface area contributed by atoms with Crippen LogP contribution in [0, 0.1) is 17.3 Å². The number of hydrogen-bond acceptors (Lipinski definition) is 3. The Morgan fingerprint density at radius 1 is 1.21 bits per heavy atom. The van der Waals surface area contributed by atoms with Crippen LogP contribution in [0.4, 0.5) is 0 Å². The Hall–Kier alpha value is -1.91. The summed E-state index contributed by atoms with van der Waals surface area (Å²) in [5.41, 5.74) is 1.20. The van der Waals surface area contributed by atoms with Gasteiger partial charge in [0, 0.05) is 25.1 Å². The zero-order valence-electron chi connectivity index (χ0n) is 15.0. The number of aromatic nitrogens is 3. The van der Waals surface area contributed by atoms with E-state index in [9.17, 15) is 4.79 Å². The van der Waals surface area contributed by atoms with E-state index in [-0.39, 0.29) is 11.8 Å². The predicted molar refractivity (Wildman–Crippen MR) is 94.6 cm³/mol. The molecule has 0 spiro atoms. The molecule has 0 aliphatic heterocycles. The molecular weight excluding hydrogens is 300 g/mol. The van der Waals surface area contributed by atoms with Crippen LogP contribution in [0.3, 0.4) is 0 Å². The Morgan fingerprint density at radius 3 is 2.67 bits per heavy atom. The molecule has 0 unspecified atom stereocenters.